The van der Waals surface area contributed by atoms with E-state index in [1.807, 2.05) is 0 Å². The Hall–Kier alpha value is -2.40. The number of pyridine rings is 1. The molecule has 2 heterocycles. The summed E-state index contributed by atoms with van der Waals surface area (Å²) < 4.78 is 18.4. The van der Waals surface area contributed by atoms with Crippen molar-refractivity contribution in [2.45, 2.75) is 0 Å². The Morgan fingerprint density at radius 1 is 1.15 bits per heavy atom. The van der Waals surface area contributed by atoms with E-state index in [0.717, 1.165) is 5.56 Å². The molecule has 0 aliphatic carbocycles. The van der Waals surface area contributed by atoms with Gasteiger partial charge in [-0.15, -0.1) is 0 Å². The van der Waals surface area contributed by atoms with Gasteiger partial charge in [0.05, 0.1) is 10.6 Å². The summed E-state index contributed by atoms with van der Waals surface area (Å²) in [5.41, 5.74) is 7.72. The van der Waals surface area contributed by atoms with Crippen LogP contribution in [0.5, 0.6) is 0 Å². The quantitative estimate of drug-likeness (QED) is 0.780. The van der Waals surface area contributed by atoms with Crippen molar-refractivity contribution in [1.29, 1.82) is 0 Å². The molecule has 20 heavy (non-hydrogen) atoms. The van der Waals surface area contributed by atoms with Gasteiger partial charge in [0.1, 0.15) is 5.82 Å². The molecule has 0 saturated heterocycles. The van der Waals surface area contributed by atoms with Gasteiger partial charge in [0.25, 0.3) is 0 Å². The first-order valence-electron chi connectivity index (χ1n) is 5.78. The highest BCUT2D eigenvalue weighted by Gasteiger charge is 2.19. The molecular weight excluding hydrogens is 281 g/mol. The lowest BCUT2D eigenvalue weighted by atomic mass is 10.0. The Balaban J connectivity index is 2.22. The van der Waals surface area contributed by atoms with Crippen molar-refractivity contribution >= 4 is 17.4 Å². The van der Waals surface area contributed by atoms with Crippen LogP contribution in [0.4, 0.5) is 10.2 Å². The molecule has 0 amide bonds. The first kappa shape index (κ1) is 12.6. The molecule has 0 unspecified atom stereocenters. The van der Waals surface area contributed by atoms with Crippen molar-refractivity contribution in [2.24, 2.45) is 0 Å². The normalized spacial score (nSPS) is 10.7. The average molecular weight is 290 g/mol. The number of nitrogens with two attached hydrogens (primary N) is 1. The standard InChI is InChI=1S/C14H9ClFN3O/c15-11-7-9(16)1-2-10(11)12-13(20-19-14(12)17)8-3-5-18-6-4-8/h1-7H,(H2,17,19). The fourth-order valence-electron chi connectivity index (χ4n) is 1.96. The summed E-state index contributed by atoms with van der Waals surface area (Å²) in [6.45, 7) is 0. The van der Waals surface area contributed by atoms with E-state index >= 15 is 0 Å². The van der Waals surface area contributed by atoms with Gasteiger partial charge in [0.2, 0.25) is 0 Å². The number of nitrogen functional groups attached to an aromatic ring is 1. The van der Waals surface area contributed by atoms with Crippen LogP contribution in [0.2, 0.25) is 5.02 Å². The van der Waals surface area contributed by atoms with E-state index < -0.39 is 5.82 Å². The monoisotopic (exact) mass is 289 g/mol. The van der Waals surface area contributed by atoms with Crippen LogP contribution in [0, 0.1) is 5.82 Å². The maximum absolute atomic E-state index is 13.2. The Kier molecular flexibility index (Phi) is 3.12. The van der Waals surface area contributed by atoms with E-state index in [0.29, 0.717) is 16.9 Å². The van der Waals surface area contributed by atoms with Crippen LogP contribution in [0.3, 0.4) is 0 Å². The number of halogens is 2. The highest BCUT2D eigenvalue weighted by Crippen LogP contribution is 2.39. The molecule has 0 atom stereocenters. The predicted octanol–water partition coefficient (Wildman–Crippen LogP) is 3.78. The van der Waals surface area contributed by atoms with E-state index in [1.54, 1.807) is 30.6 Å². The molecule has 6 heteroatoms. The van der Waals surface area contributed by atoms with Crippen molar-refractivity contribution in [2.75, 3.05) is 5.73 Å². The fourth-order valence-corrected chi connectivity index (χ4v) is 2.22. The zero-order valence-corrected chi connectivity index (χ0v) is 10.9. The molecule has 1 aromatic carbocycles. The van der Waals surface area contributed by atoms with Crippen molar-refractivity contribution < 1.29 is 8.91 Å². The second kappa shape index (κ2) is 4.94. The minimum atomic E-state index is -0.417. The summed E-state index contributed by atoms with van der Waals surface area (Å²) in [5, 5.41) is 4.01. The highest BCUT2D eigenvalue weighted by atomic mass is 35.5. The van der Waals surface area contributed by atoms with Gasteiger partial charge in [-0.25, -0.2) is 4.39 Å². The molecule has 0 aliphatic heterocycles. The topological polar surface area (TPSA) is 64.9 Å². The molecule has 0 radical (unpaired) electrons. The smallest absolute Gasteiger partial charge is 0.177 e. The number of nitrogens with zero attached hydrogens (tertiary/aromatic N) is 2. The van der Waals surface area contributed by atoms with Crippen LogP contribution in [0.15, 0.2) is 47.2 Å². The van der Waals surface area contributed by atoms with Crippen LogP contribution < -0.4 is 5.73 Å². The third-order valence-corrected chi connectivity index (χ3v) is 3.17. The largest absolute Gasteiger partial charge is 0.380 e. The molecule has 3 aromatic rings. The van der Waals surface area contributed by atoms with Gasteiger partial charge in [-0.05, 0) is 30.3 Å². The summed E-state index contributed by atoms with van der Waals surface area (Å²) in [6, 6.07) is 7.61. The molecule has 3 rings (SSSR count). The van der Waals surface area contributed by atoms with Gasteiger partial charge in [-0.2, -0.15) is 0 Å². The van der Waals surface area contributed by atoms with Crippen LogP contribution in [-0.4, -0.2) is 10.1 Å². The van der Waals surface area contributed by atoms with Gasteiger partial charge in [0.15, 0.2) is 11.6 Å². The van der Waals surface area contributed by atoms with Crippen LogP contribution in [0.25, 0.3) is 22.5 Å². The summed E-state index contributed by atoms with van der Waals surface area (Å²) >= 11 is 6.08. The van der Waals surface area contributed by atoms with E-state index in [2.05, 4.69) is 10.1 Å². The van der Waals surface area contributed by atoms with E-state index in [9.17, 15) is 4.39 Å². The van der Waals surface area contributed by atoms with Crippen LogP contribution in [-0.2, 0) is 0 Å². The molecule has 0 saturated carbocycles. The lowest BCUT2D eigenvalue weighted by molar-refractivity contribution is 0.436. The van der Waals surface area contributed by atoms with E-state index in [-0.39, 0.29) is 10.8 Å². The number of hydrogen-bond donors (Lipinski definition) is 1. The number of rotatable bonds is 2. The Bertz CT molecular complexity index is 758. The molecule has 2 N–H and O–H groups in total. The maximum atomic E-state index is 13.2. The minimum absolute atomic E-state index is 0.199. The molecule has 0 fully saturated rings. The molecule has 2 aromatic heterocycles. The Morgan fingerprint density at radius 3 is 2.60 bits per heavy atom. The summed E-state index contributed by atoms with van der Waals surface area (Å²) in [7, 11) is 0. The van der Waals surface area contributed by atoms with Gasteiger partial charge in [0, 0.05) is 23.5 Å². The minimum Gasteiger partial charge on any atom is -0.380 e. The lowest BCUT2D eigenvalue weighted by Gasteiger charge is -2.05. The van der Waals surface area contributed by atoms with Crippen LogP contribution in [0.1, 0.15) is 0 Å². The maximum Gasteiger partial charge on any atom is 0.177 e. The summed E-state index contributed by atoms with van der Waals surface area (Å²) in [6.07, 6.45) is 3.26. The molecule has 0 bridgehead atoms. The second-order valence-corrected chi connectivity index (χ2v) is 4.54. The van der Waals surface area contributed by atoms with Crippen molar-refractivity contribution in [3.63, 3.8) is 0 Å². The average Bonchev–Trinajstić information content (AvgIpc) is 2.82. The highest BCUT2D eigenvalue weighted by molar-refractivity contribution is 6.33. The van der Waals surface area contributed by atoms with Gasteiger partial charge < -0.3 is 10.3 Å². The molecule has 0 aliphatic rings. The fraction of sp³-hybridized carbons (Fsp3) is 0. The van der Waals surface area contributed by atoms with E-state index in [1.165, 1.54) is 12.1 Å². The van der Waals surface area contributed by atoms with Gasteiger partial charge in [-0.1, -0.05) is 16.8 Å². The first-order chi connectivity index (χ1) is 9.66. The molecule has 0 spiro atoms. The molecular formula is C14H9ClFN3O. The van der Waals surface area contributed by atoms with E-state index in [4.69, 9.17) is 21.9 Å². The molecule has 100 valence electrons. The lowest BCUT2D eigenvalue weighted by Crippen LogP contribution is -1.90. The zero-order chi connectivity index (χ0) is 14.1. The Morgan fingerprint density at radius 2 is 1.90 bits per heavy atom. The zero-order valence-electron chi connectivity index (χ0n) is 10.2. The summed E-state index contributed by atoms with van der Waals surface area (Å²) in [5.74, 6) is 0.253. The molecule has 4 nitrogen and oxygen atoms in total. The third-order valence-electron chi connectivity index (χ3n) is 2.86. The van der Waals surface area contributed by atoms with Crippen molar-refractivity contribution in [1.82, 2.24) is 10.1 Å². The second-order valence-electron chi connectivity index (χ2n) is 4.13. The number of benzene rings is 1. The third kappa shape index (κ3) is 2.12. The van der Waals surface area contributed by atoms with Crippen molar-refractivity contribution in [3.05, 3.63) is 53.6 Å². The Labute approximate surface area is 119 Å². The summed E-state index contributed by atoms with van der Waals surface area (Å²) in [4.78, 5) is 3.94. The number of hydrogen-bond acceptors (Lipinski definition) is 4. The van der Waals surface area contributed by atoms with Crippen LogP contribution >= 0.6 is 11.6 Å². The number of aromatic nitrogens is 2. The first-order valence-corrected chi connectivity index (χ1v) is 6.15. The predicted molar refractivity (Wildman–Crippen MR) is 74.6 cm³/mol. The van der Waals surface area contributed by atoms with Gasteiger partial charge in [-0.3, -0.25) is 4.98 Å². The van der Waals surface area contributed by atoms with Gasteiger partial charge >= 0.3 is 0 Å². The van der Waals surface area contributed by atoms with Crippen molar-refractivity contribution in [3.8, 4) is 22.5 Å². The SMILES string of the molecule is Nc1noc(-c2ccncc2)c1-c1ccc(F)cc1Cl. The number of anilines is 1.